The molecule has 0 aliphatic heterocycles. The largest absolute Gasteiger partial charge is 0.361 e. The molecule has 1 amide bonds. The molecule has 18 heavy (non-hydrogen) atoms. The molecule has 2 aromatic heterocycles. The van der Waals surface area contributed by atoms with Crippen LogP contribution in [0.1, 0.15) is 35.3 Å². The Morgan fingerprint density at radius 1 is 1.50 bits per heavy atom. The molecular formula is C12H15N3O2S. The highest BCUT2D eigenvalue weighted by Crippen LogP contribution is 2.29. The molecule has 0 saturated heterocycles. The first-order valence-electron chi connectivity index (χ1n) is 5.80. The Kier molecular flexibility index (Phi) is 3.76. The van der Waals surface area contributed by atoms with Gasteiger partial charge in [0.25, 0.3) is 5.91 Å². The third-order valence-corrected chi connectivity index (χ3v) is 3.38. The number of nitrogens with zero attached hydrogens (tertiary/aromatic N) is 2. The van der Waals surface area contributed by atoms with Crippen LogP contribution in [0.25, 0.3) is 10.6 Å². The number of aryl methyl sites for hydroxylation is 2. The fourth-order valence-electron chi connectivity index (χ4n) is 1.61. The van der Waals surface area contributed by atoms with Gasteiger partial charge in [0.2, 0.25) is 0 Å². The van der Waals surface area contributed by atoms with Gasteiger partial charge in [-0.1, -0.05) is 12.1 Å². The van der Waals surface area contributed by atoms with Crippen LogP contribution in [-0.4, -0.2) is 22.6 Å². The highest BCUT2D eigenvalue weighted by atomic mass is 32.1. The molecule has 2 rings (SSSR count). The Balaban J connectivity index is 2.23. The highest BCUT2D eigenvalue weighted by Gasteiger charge is 2.17. The molecule has 0 unspecified atom stereocenters. The number of carbonyl (C=O) groups is 1. The van der Waals surface area contributed by atoms with E-state index in [9.17, 15) is 4.79 Å². The van der Waals surface area contributed by atoms with Gasteiger partial charge in [0, 0.05) is 11.9 Å². The molecule has 0 bridgehead atoms. The molecule has 0 spiro atoms. The van der Waals surface area contributed by atoms with Crippen molar-refractivity contribution in [2.75, 3.05) is 6.54 Å². The zero-order valence-corrected chi connectivity index (χ0v) is 11.4. The van der Waals surface area contributed by atoms with E-state index in [0.717, 1.165) is 28.4 Å². The summed E-state index contributed by atoms with van der Waals surface area (Å²) < 4.78 is 5.10. The molecule has 5 nitrogen and oxygen atoms in total. The lowest BCUT2D eigenvalue weighted by atomic mass is 10.2. The van der Waals surface area contributed by atoms with Gasteiger partial charge in [0.1, 0.15) is 16.5 Å². The number of nitrogens with one attached hydrogen (secondary N) is 1. The lowest BCUT2D eigenvalue weighted by Gasteiger charge is -1.99. The monoisotopic (exact) mass is 265 g/mol. The van der Waals surface area contributed by atoms with Gasteiger partial charge in [-0.25, -0.2) is 4.98 Å². The maximum absolute atomic E-state index is 11.8. The standard InChI is InChI=1S/C12H15N3O2S/c1-4-5-13-11(16)9-6-18-12(14-9)10-7(2)15-17-8(10)3/h6H,4-5H2,1-3H3,(H,13,16). The summed E-state index contributed by atoms with van der Waals surface area (Å²) in [6.45, 7) is 6.38. The van der Waals surface area contributed by atoms with Gasteiger partial charge in [-0.3, -0.25) is 4.79 Å². The van der Waals surface area contributed by atoms with Crippen LogP contribution in [0, 0.1) is 13.8 Å². The molecule has 0 saturated carbocycles. The van der Waals surface area contributed by atoms with Gasteiger partial charge in [0.15, 0.2) is 0 Å². The summed E-state index contributed by atoms with van der Waals surface area (Å²) in [5.74, 6) is 0.591. The van der Waals surface area contributed by atoms with Gasteiger partial charge in [0.05, 0.1) is 11.3 Å². The molecule has 2 aromatic rings. The van der Waals surface area contributed by atoms with E-state index >= 15 is 0 Å². The van der Waals surface area contributed by atoms with Crippen molar-refractivity contribution >= 4 is 17.2 Å². The fraction of sp³-hybridized carbons (Fsp3) is 0.417. The minimum absolute atomic E-state index is 0.133. The average Bonchev–Trinajstić information content (AvgIpc) is 2.93. The first kappa shape index (κ1) is 12.8. The first-order chi connectivity index (χ1) is 8.63. The predicted octanol–water partition coefficient (Wildman–Crippen LogP) is 2.55. The van der Waals surface area contributed by atoms with Crippen LogP contribution in [0.4, 0.5) is 0 Å². The number of hydrogen-bond donors (Lipinski definition) is 1. The Hall–Kier alpha value is -1.69. The lowest BCUT2D eigenvalue weighted by molar-refractivity contribution is 0.0949. The van der Waals surface area contributed by atoms with Gasteiger partial charge in [-0.15, -0.1) is 11.3 Å². The maximum atomic E-state index is 11.8. The van der Waals surface area contributed by atoms with Crippen molar-refractivity contribution in [2.24, 2.45) is 0 Å². The van der Waals surface area contributed by atoms with E-state index in [1.807, 2.05) is 20.8 Å². The molecule has 2 heterocycles. The van der Waals surface area contributed by atoms with Crippen LogP contribution in [0.15, 0.2) is 9.90 Å². The highest BCUT2D eigenvalue weighted by molar-refractivity contribution is 7.13. The summed E-state index contributed by atoms with van der Waals surface area (Å²) in [5.41, 5.74) is 2.13. The Bertz CT molecular complexity index is 540. The first-order valence-corrected chi connectivity index (χ1v) is 6.68. The van der Waals surface area contributed by atoms with E-state index in [1.165, 1.54) is 11.3 Å². The van der Waals surface area contributed by atoms with Crippen molar-refractivity contribution in [3.05, 3.63) is 22.5 Å². The Morgan fingerprint density at radius 2 is 2.28 bits per heavy atom. The quantitative estimate of drug-likeness (QED) is 0.922. The molecule has 96 valence electrons. The minimum atomic E-state index is -0.133. The second-order valence-electron chi connectivity index (χ2n) is 3.99. The van der Waals surface area contributed by atoms with Crippen molar-refractivity contribution in [3.8, 4) is 10.6 Å². The summed E-state index contributed by atoms with van der Waals surface area (Å²) >= 11 is 1.43. The Morgan fingerprint density at radius 3 is 2.89 bits per heavy atom. The summed E-state index contributed by atoms with van der Waals surface area (Å²) in [6, 6.07) is 0. The van der Waals surface area contributed by atoms with Crippen molar-refractivity contribution in [1.82, 2.24) is 15.5 Å². The molecule has 1 N–H and O–H groups in total. The second kappa shape index (κ2) is 5.30. The van der Waals surface area contributed by atoms with Crippen LogP contribution in [0.3, 0.4) is 0 Å². The average molecular weight is 265 g/mol. The molecule has 0 atom stereocenters. The normalized spacial score (nSPS) is 10.6. The SMILES string of the molecule is CCCNC(=O)c1csc(-c2c(C)noc2C)n1. The number of hydrogen-bond acceptors (Lipinski definition) is 5. The fourth-order valence-corrected chi connectivity index (χ4v) is 2.55. The number of amides is 1. The Labute approximate surface area is 109 Å². The zero-order chi connectivity index (χ0) is 13.1. The topological polar surface area (TPSA) is 68.0 Å². The van der Waals surface area contributed by atoms with E-state index < -0.39 is 0 Å². The molecule has 0 aliphatic carbocycles. The minimum Gasteiger partial charge on any atom is -0.361 e. The van der Waals surface area contributed by atoms with Crippen molar-refractivity contribution in [1.29, 1.82) is 0 Å². The van der Waals surface area contributed by atoms with E-state index in [4.69, 9.17) is 4.52 Å². The van der Waals surface area contributed by atoms with Crippen molar-refractivity contribution in [2.45, 2.75) is 27.2 Å². The van der Waals surface area contributed by atoms with Crippen LogP contribution >= 0.6 is 11.3 Å². The van der Waals surface area contributed by atoms with E-state index in [2.05, 4.69) is 15.5 Å². The zero-order valence-electron chi connectivity index (χ0n) is 10.6. The van der Waals surface area contributed by atoms with E-state index in [1.54, 1.807) is 5.38 Å². The second-order valence-corrected chi connectivity index (χ2v) is 4.85. The molecule has 0 radical (unpaired) electrons. The smallest absolute Gasteiger partial charge is 0.270 e. The number of aromatic nitrogens is 2. The van der Waals surface area contributed by atoms with Crippen LogP contribution in [0.5, 0.6) is 0 Å². The molecule has 0 aliphatic rings. The maximum Gasteiger partial charge on any atom is 0.270 e. The number of rotatable bonds is 4. The molecule has 0 fully saturated rings. The van der Waals surface area contributed by atoms with Crippen molar-refractivity contribution in [3.63, 3.8) is 0 Å². The molecular weight excluding hydrogens is 250 g/mol. The van der Waals surface area contributed by atoms with Gasteiger partial charge < -0.3 is 9.84 Å². The van der Waals surface area contributed by atoms with E-state index in [-0.39, 0.29) is 5.91 Å². The summed E-state index contributed by atoms with van der Waals surface area (Å²) in [7, 11) is 0. The van der Waals surface area contributed by atoms with E-state index in [0.29, 0.717) is 12.2 Å². The molecule has 0 aromatic carbocycles. The number of carbonyl (C=O) groups excluding carboxylic acids is 1. The lowest BCUT2D eigenvalue weighted by Crippen LogP contribution is -2.24. The van der Waals surface area contributed by atoms with Gasteiger partial charge in [-0.2, -0.15) is 0 Å². The van der Waals surface area contributed by atoms with Crippen LogP contribution < -0.4 is 5.32 Å². The molecule has 6 heteroatoms. The number of thiazole rings is 1. The van der Waals surface area contributed by atoms with Crippen molar-refractivity contribution < 1.29 is 9.32 Å². The predicted molar refractivity (Wildman–Crippen MR) is 69.7 cm³/mol. The van der Waals surface area contributed by atoms with Crippen LogP contribution in [-0.2, 0) is 0 Å². The third-order valence-electron chi connectivity index (χ3n) is 2.52. The van der Waals surface area contributed by atoms with Gasteiger partial charge in [-0.05, 0) is 20.3 Å². The summed E-state index contributed by atoms with van der Waals surface area (Å²) in [4.78, 5) is 16.1. The summed E-state index contributed by atoms with van der Waals surface area (Å²) in [5, 5.41) is 9.22. The van der Waals surface area contributed by atoms with Gasteiger partial charge >= 0.3 is 0 Å². The third kappa shape index (κ3) is 2.43. The van der Waals surface area contributed by atoms with Crippen LogP contribution in [0.2, 0.25) is 0 Å². The summed E-state index contributed by atoms with van der Waals surface area (Å²) in [6.07, 6.45) is 0.909.